The fourth-order valence-corrected chi connectivity index (χ4v) is 10.4. The van der Waals surface area contributed by atoms with Gasteiger partial charge in [0.25, 0.3) is 0 Å². The van der Waals surface area contributed by atoms with E-state index in [9.17, 15) is 0 Å². The number of para-hydroxylation sites is 2. The standard InChI is InChI=1S/C63H46N2/c1-63(2)58-30-14-12-26-52(58)53-39-37-51(42-59(53)63)64(49-35-32-46(33-36-49)43-18-6-3-7-19-43)61-41-48(45-22-10-5-11-23-45)34-38-55(61)57-29-17-28-56-54-27-13-15-31-60(54)65(62(56)57)50-25-16-24-47(40-50)44-20-8-4-9-21-44/h3-42H,1-2H3. The molecule has 0 radical (unpaired) electrons. The number of hydrogen-bond acceptors (Lipinski definition) is 1. The lowest BCUT2D eigenvalue weighted by Gasteiger charge is -2.30. The van der Waals surface area contributed by atoms with Gasteiger partial charge in [-0.1, -0.05) is 208 Å². The van der Waals surface area contributed by atoms with E-state index >= 15 is 0 Å². The van der Waals surface area contributed by atoms with Gasteiger partial charge in [0.05, 0.1) is 16.7 Å². The predicted octanol–water partition coefficient (Wildman–Crippen LogP) is 17.2. The summed E-state index contributed by atoms with van der Waals surface area (Å²) in [4.78, 5) is 2.50. The van der Waals surface area contributed by atoms with Gasteiger partial charge >= 0.3 is 0 Å². The summed E-state index contributed by atoms with van der Waals surface area (Å²) in [6.45, 7) is 4.74. The van der Waals surface area contributed by atoms with Gasteiger partial charge in [0.1, 0.15) is 0 Å². The fourth-order valence-electron chi connectivity index (χ4n) is 10.4. The summed E-state index contributed by atoms with van der Waals surface area (Å²) in [6.07, 6.45) is 0. The largest absolute Gasteiger partial charge is 0.310 e. The zero-order chi connectivity index (χ0) is 43.5. The van der Waals surface area contributed by atoms with Crippen LogP contribution in [0, 0.1) is 0 Å². The van der Waals surface area contributed by atoms with E-state index in [0.29, 0.717) is 0 Å². The van der Waals surface area contributed by atoms with Crippen LogP contribution in [0.1, 0.15) is 25.0 Å². The molecule has 65 heavy (non-hydrogen) atoms. The third kappa shape index (κ3) is 6.49. The van der Waals surface area contributed by atoms with Crippen molar-refractivity contribution in [2.45, 2.75) is 19.3 Å². The van der Waals surface area contributed by atoms with Crippen molar-refractivity contribution in [3.05, 3.63) is 254 Å². The molecule has 308 valence electrons. The lowest BCUT2D eigenvalue weighted by Crippen LogP contribution is -2.17. The molecule has 0 unspecified atom stereocenters. The molecule has 1 aromatic heterocycles. The summed E-state index contributed by atoms with van der Waals surface area (Å²) in [6, 6.07) is 89.0. The van der Waals surface area contributed by atoms with E-state index in [4.69, 9.17) is 0 Å². The van der Waals surface area contributed by atoms with Crippen LogP contribution in [0.2, 0.25) is 0 Å². The van der Waals surface area contributed by atoms with Crippen molar-refractivity contribution >= 4 is 38.9 Å². The van der Waals surface area contributed by atoms with Crippen molar-refractivity contribution in [1.82, 2.24) is 4.57 Å². The molecule has 0 N–H and O–H groups in total. The van der Waals surface area contributed by atoms with Crippen LogP contribution in [-0.4, -0.2) is 4.57 Å². The van der Waals surface area contributed by atoms with Gasteiger partial charge in [-0.3, -0.25) is 0 Å². The zero-order valence-electron chi connectivity index (χ0n) is 36.5. The zero-order valence-corrected chi connectivity index (χ0v) is 36.5. The van der Waals surface area contributed by atoms with Crippen LogP contribution in [0.3, 0.4) is 0 Å². The first-order chi connectivity index (χ1) is 32.0. The van der Waals surface area contributed by atoms with Crippen molar-refractivity contribution in [2.75, 3.05) is 4.90 Å². The third-order valence-electron chi connectivity index (χ3n) is 13.6. The topological polar surface area (TPSA) is 8.17 Å². The minimum absolute atomic E-state index is 0.166. The molecule has 0 saturated heterocycles. The van der Waals surface area contributed by atoms with Gasteiger partial charge < -0.3 is 9.47 Å². The molecule has 2 heteroatoms. The maximum absolute atomic E-state index is 2.50. The van der Waals surface area contributed by atoms with Crippen molar-refractivity contribution in [1.29, 1.82) is 0 Å². The highest BCUT2D eigenvalue weighted by molar-refractivity contribution is 6.15. The minimum atomic E-state index is -0.166. The normalized spacial score (nSPS) is 12.6. The van der Waals surface area contributed by atoms with Crippen molar-refractivity contribution < 1.29 is 0 Å². The van der Waals surface area contributed by atoms with Gasteiger partial charge in [-0.25, -0.2) is 0 Å². The lowest BCUT2D eigenvalue weighted by molar-refractivity contribution is 0.660. The molecule has 2 nitrogen and oxygen atoms in total. The average molecular weight is 831 g/mol. The Morgan fingerprint density at radius 1 is 0.338 bits per heavy atom. The smallest absolute Gasteiger partial charge is 0.0620 e. The number of rotatable bonds is 8. The molecule has 0 aliphatic heterocycles. The summed E-state index contributed by atoms with van der Waals surface area (Å²) < 4.78 is 2.48. The third-order valence-corrected chi connectivity index (χ3v) is 13.6. The maximum atomic E-state index is 2.50. The Kier molecular flexibility index (Phi) is 9.21. The van der Waals surface area contributed by atoms with Crippen LogP contribution in [-0.2, 0) is 5.41 Å². The Morgan fingerprint density at radius 2 is 0.846 bits per heavy atom. The molecular weight excluding hydrogens is 785 g/mol. The molecule has 10 aromatic carbocycles. The first kappa shape index (κ1) is 38.5. The summed E-state index contributed by atoms with van der Waals surface area (Å²) in [5.74, 6) is 0. The average Bonchev–Trinajstić information content (AvgIpc) is 3.83. The second kappa shape index (κ2) is 15.6. The highest BCUT2D eigenvalue weighted by Crippen LogP contribution is 2.52. The number of benzene rings is 10. The van der Waals surface area contributed by atoms with Crippen LogP contribution in [0.15, 0.2) is 243 Å². The number of hydrogen-bond donors (Lipinski definition) is 0. The van der Waals surface area contributed by atoms with E-state index < -0.39 is 0 Å². The van der Waals surface area contributed by atoms with Crippen LogP contribution in [0.5, 0.6) is 0 Å². The quantitative estimate of drug-likeness (QED) is 0.148. The second-order valence-corrected chi connectivity index (χ2v) is 17.7. The Bertz CT molecular complexity index is 3550. The predicted molar refractivity (Wildman–Crippen MR) is 275 cm³/mol. The molecule has 0 saturated carbocycles. The van der Waals surface area contributed by atoms with E-state index in [-0.39, 0.29) is 5.41 Å². The number of anilines is 3. The lowest BCUT2D eigenvalue weighted by atomic mass is 9.82. The summed E-state index contributed by atoms with van der Waals surface area (Å²) in [7, 11) is 0. The first-order valence-corrected chi connectivity index (χ1v) is 22.6. The number of aromatic nitrogens is 1. The monoisotopic (exact) mass is 830 g/mol. The van der Waals surface area contributed by atoms with E-state index in [1.165, 1.54) is 77.4 Å². The van der Waals surface area contributed by atoms with Gasteiger partial charge in [0.15, 0.2) is 0 Å². The molecule has 1 aliphatic rings. The van der Waals surface area contributed by atoms with Crippen LogP contribution >= 0.6 is 0 Å². The minimum Gasteiger partial charge on any atom is -0.310 e. The van der Waals surface area contributed by atoms with Crippen molar-refractivity contribution in [2.24, 2.45) is 0 Å². The van der Waals surface area contributed by atoms with Crippen LogP contribution in [0.4, 0.5) is 17.1 Å². The van der Waals surface area contributed by atoms with Gasteiger partial charge in [0, 0.05) is 44.4 Å². The fraction of sp³-hybridized carbons (Fsp3) is 0.0476. The second-order valence-electron chi connectivity index (χ2n) is 17.7. The Labute approximate surface area is 381 Å². The highest BCUT2D eigenvalue weighted by Gasteiger charge is 2.36. The molecule has 12 rings (SSSR count). The molecule has 0 atom stereocenters. The van der Waals surface area contributed by atoms with Crippen molar-refractivity contribution in [3.8, 4) is 61.3 Å². The summed E-state index contributed by atoms with van der Waals surface area (Å²) in [5.41, 5.74) is 21.4. The summed E-state index contributed by atoms with van der Waals surface area (Å²) in [5, 5.41) is 2.45. The van der Waals surface area contributed by atoms with E-state index in [1.807, 2.05) is 0 Å². The molecule has 0 amide bonds. The Balaban J connectivity index is 1.14. The SMILES string of the molecule is CC1(C)c2ccccc2-c2ccc(N(c3ccc(-c4ccccc4)cc3)c3cc(-c4ccccc4)ccc3-c3cccc4c5ccccc5n(-c5cccc(-c6ccccc6)c5)c34)cc21. The van der Waals surface area contributed by atoms with E-state index in [0.717, 1.165) is 33.9 Å². The Morgan fingerprint density at radius 3 is 1.58 bits per heavy atom. The van der Waals surface area contributed by atoms with E-state index in [2.05, 4.69) is 266 Å². The molecule has 11 aromatic rings. The van der Waals surface area contributed by atoms with Gasteiger partial charge in [-0.15, -0.1) is 0 Å². The van der Waals surface area contributed by atoms with Crippen LogP contribution in [0.25, 0.3) is 83.1 Å². The molecule has 0 bridgehead atoms. The molecular formula is C63H46N2. The van der Waals surface area contributed by atoms with Gasteiger partial charge in [-0.2, -0.15) is 0 Å². The Hall–Kier alpha value is -8.20. The van der Waals surface area contributed by atoms with E-state index in [1.54, 1.807) is 0 Å². The maximum Gasteiger partial charge on any atom is 0.0620 e. The van der Waals surface area contributed by atoms with Gasteiger partial charge in [-0.05, 0) is 104 Å². The highest BCUT2D eigenvalue weighted by atomic mass is 15.1. The summed E-state index contributed by atoms with van der Waals surface area (Å²) >= 11 is 0. The van der Waals surface area contributed by atoms with Gasteiger partial charge in [0.2, 0.25) is 0 Å². The first-order valence-electron chi connectivity index (χ1n) is 22.6. The van der Waals surface area contributed by atoms with Crippen LogP contribution < -0.4 is 4.90 Å². The number of nitrogens with zero attached hydrogens (tertiary/aromatic N) is 2. The molecule has 0 spiro atoms. The molecule has 0 fully saturated rings. The molecule has 1 aliphatic carbocycles. The van der Waals surface area contributed by atoms with Crippen molar-refractivity contribution in [3.63, 3.8) is 0 Å². The number of fused-ring (bicyclic) bond motifs is 6. The molecule has 1 heterocycles.